The van der Waals surface area contributed by atoms with Crippen molar-refractivity contribution in [1.82, 2.24) is 0 Å². The van der Waals surface area contributed by atoms with Gasteiger partial charge in [0.2, 0.25) is 0 Å². The minimum absolute atomic E-state index is 0.0152. The first kappa shape index (κ1) is 38.5. The van der Waals surface area contributed by atoms with E-state index in [4.69, 9.17) is 0 Å². The van der Waals surface area contributed by atoms with Crippen molar-refractivity contribution in [1.29, 1.82) is 0 Å². The number of fused-ring (bicyclic) bond motifs is 16. The SMILES string of the molecule is CC(C)(C)c1ccc2c(c1)C1(c3cc(C(C)(C)C)ccc3-2)c2ccccc2-c2c(N(c3ccc(-c4ccccc4)cc3)c3ccc4c5ccccc5c5ccccc5c4c3)cccc21. The average Bonchev–Trinajstić information content (AvgIpc) is 3.79. The van der Waals surface area contributed by atoms with Gasteiger partial charge >= 0.3 is 0 Å². The molecule has 0 bridgehead atoms. The van der Waals surface area contributed by atoms with Crippen LogP contribution in [0, 0.1) is 0 Å². The summed E-state index contributed by atoms with van der Waals surface area (Å²) < 4.78 is 0. The van der Waals surface area contributed by atoms with Gasteiger partial charge in [-0.15, -0.1) is 0 Å². The average molecular weight is 822 g/mol. The maximum absolute atomic E-state index is 2.55. The van der Waals surface area contributed by atoms with Crippen LogP contribution in [0.1, 0.15) is 74.9 Å². The van der Waals surface area contributed by atoms with Crippen LogP contribution in [0.5, 0.6) is 0 Å². The molecule has 10 aromatic rings. The van der Waals surface area contributed by atoms with Crippen LogP contribution in [0.2, 0.25) is 0 Å². The van der Waals surface area contributed by atoms with Gasteiger partial charge in [0.15, 0.2) is 0 Å². The van der Waals surface area contributed by atoms with Gasteiger partial charge in [-0.1, -0.05) is 211 Å². The van der Waals surface area contributed by atoms with Gasteiger partial charge in [0.25, 0.3) is 0 Å². The Morgan fingerprint density at radius 2 is 0.812 bits per heavy atom. The van der Waals surface area contributed by atoms with E-state index in [-0.39, 0.29) is 10.8 Å². The molecule has 64 heavy (non-hydrogen) atoms. The Balaban J connectivity index is 1.17. The molecule has 2 aliphatic rings. The van der Waals surface area contributed by atoms with Crippen LogP contribution in [0.25, 0.3) is 65.7 Å². The van der Waals surface area contributed by atoms with E-state index in [9.17, 15) is 0 Å². The molecule has 10 aromatic carbocycles. The van der Waals surface area contributed by atoms with Crippen LogP contribution in [-0.4, -0.2) is 0 Å². The second kappa shape index (κ2) is 13.9. The van der Waals surface area contributed by atoms with Gasteiger partial charge in [0.05, 0.1) is 11.1 Å². The Morgan fingerprint density at radius 1 is 0.328 bits per heavy atom. The van der Waals surface area contributed by atoms with E-state index < -0.39 is 5.41 Å². The van der Waals surface area contributed by atoms with Crippen molar-refractivity contribution in [2.45, 2.75) is 57.8 Å². The Hall–Kier alpha value is -7.22. The zero-order valence-electron chi connectivity index (χ0n) is 37.5. The number of nitrogens with zero attached hydrogens (tertiary/aromatic N) is 1. The first-order valence-electron chi connectivity index (χ1n) is 22.8. The molecule has 1 nitrogen and oxygen atoms in total. The van der Waals surface area contributed by atoms with Crippen molar-refractivity contribution < 1.29 is 0 Å². The van der Waals surface area contributed by atoms with Gasteiger partial charge in [-0.25, -0.2) is 0 Å². The van der Waals surface area contributed by atoms with Crippen molar-refractivity contribution in [3.63, 3.8) is 0 Å². The molecular weight excluding hydrogens is 771 g/mol. The monoisotopic (exact) mass is 821 g/mol. The lowest BCUT2D eigenvalue weighted by atomic mass is 9.69. The smallest absolute Gasteiger partial charge is 0.0726 e. The Morgan fingerprint density at radius 3 is 1.41 bits per heavy atom. The molecule has 308 valence electrons. The maximum Gasteiger partial charge on any atom is 0.0726 e. The summed E-state index contributed by atoms with van der Waals surface area (Å²) in [6.45, 7) is 14.0. The fraction of sp³-hybridized carbons (Fsp3) is 0.143. The van der Waals surface area contributed by atoms with Crippen molar-refractivity contribution in [3.05, 3.63) is 234 Å². The fourth-order valence-corrected chi connectivity index (χ4v) is 11.2. The van der Waals surface area contributed by atoms with Gasteiger partial charge in [0.1, 0.15) is 0 Å². The molecule has 2 aliphatic carbocycles. The predicted octanol–water partition coefficient (Wildman–Crippen LogP) is 17.2. The minimum Gasteiger partial charge on any atom is -0.310 e. The maximum atomic E-state index is 2.55. The number of benzene rings is 10. The molecule has 0 N–H and O–H groups in total. The fourth-order valence-electron chi connectivity index (χ4n) is 11.2. The number of hydrogen-bond acceptors (Lipinski definition) is 1. The summed E-state index contributed by atoms with van der Waals surface area (Å²) in [5.74, 6) is 0. The van der Waals surface area contributed by atoms with Crippen molar-refractivity contribution >= 4 is 49.4 Å². The normalized spacial score (nSPS) is 13.6. The van der Waals surface area contributed by atoms with Crippen LogP contribution in [0.15, 0.2) is 200 Å². The largest absolute Gasteiger partial charge is 0.310 e. The summed E-state index contributed by atoms with van der Waals surface area (Å²) in [6, 6.07) is 75.8. The molecule has 0 fully saturated rings. The van der Waals surface area contributed by atoms with Crippen LogP contribution in [0.4, 0.5) is 17.1 Å². The standard InChI is InChI=1S/C63H51N/c1-61(2,3)42-29-34-51-52-35-30-43(62(4,5)6)38-58(52)63(57(51)37-42)55-24-15-14-23-53(55)60-56(63)25-16-26-59(60)64(44-31-27-41(28-32-44)40-17-8-7-9-18-40)45-33-36-50-48-21-11-10-19-46(48)47-20-12-13-22-49(47)54(50)39-45/h7-39H,1-6H3. The molecule has 1 spiro atoms. The summed E-state index contributed by atoms with van der Waals surface area (Å²) in [5, 5.41) is 7.63. The summed E-state index contributed by atoms with van der Waals surface area (Å²) in [4.78, 5) is 2.53. The molecule has 0 aromatic heterocycles. The molecular formula is C63H51N. The zero-order valence-corrected chi connectivity index (χ0v) is 37.5. The highest BCUT2D eigenvalue weighted by atomic mass is 15.1. The summed E-state index contributed by atoms with van der Waals surface area (Å²) in [5.41, 5.74) is 18.7. The summed E-state index contributed by atoms with van der Waals surface area (Å²) in [6.07, 6.45) is 0. The molecule has 0 radical (unpaired) electrons. The van der Waals surface area contributed by atoms with Crippen molar-refractivity contribution in [3.8, 4) is 33.4 Å². The molecule has 0 saturated heterocycles. The van der Waals surface area contributed by atoms with Crippen LogP contribution < -0.4 is 4.90 Å². The van der Waals surface area contributed by atoms with Gasteiger partial charge in [-0.05, 0) is 135 Å². The van der Waals surface area contributed by atoms with Crippen molar-refractivity contribution in [2.75, 3.05) is 4.90 Å². The van der Waals surface area contributed by atoms with Crippen LogP contribution in [0.3, 0.4) is 0 Å². The third-order valence-electron chi connectivity index (χ3n) is 14.4. The van der Waals surface area contributed by atoms with E-state index in [1.165, 1.54) is 105 Å². The lowest BCUT2D eigenvalue weighted by molar-refractivity contribution is 0.586. The van der Waals surface area contributed by atoms with Gasteiger partial charge in [-0.2, -0.15) is 0 Å². The van der Waals surface area contributed by atoms with E-state index in [0.29, 0.717) is 0 Å². The minimum atomic E-state index is -0.504. The van der Waals surface area contributed by atoms with E-state index >= 15 is 0 Å². The molecule has 0 amide bonds. The van der Waals surface area contributed by atoms with Crippen LogP contribution in [-0.2, 0) is 16.2 Å². The lowest BCUT2D eigenvalue weighted by Gasteiger charge is -2.33. The topological polar surface area (TPSA) is 3.24 Å². The molecule has 0 unspecified atom stereocenters. The first-order valence-corrected chi connectivity index (χ1v) is 22.8. The van der Waals surface area contributed by atoms with E-state index in [2.05, 4.69) is 247 Å². The third kappa shape index (κ3) is 5.56. The highest BCUT2D eigenvalue weighted by Crippen LogP contribution is 2.65. The van der Waals surface area contributed by atoms with E-state index in [1.807, 2.05) is 0 Å². The zero-order chi connectivity index (χ0) is 43.5. The quantitative estimate of drug-likeness (QED) is 0.160. The Kier molecular flexibility index (Phi) is 8.35. The first-order chi connectivity index (χ1) is 31.0. The second-order valence-electron chi connectivity index (χ2n) is 20.1. The second-order valence-corrected chi connectivity index (χ2v) is 20.1. The summed E-state index contributed by atoms with van der Waals surface area (Å²) >= 11 is 0. The molecule has 0 aliphatic heterocycles. The molecule has 0 heterocycles. The van der Waals surface area contributed by atoms with Gasteiger partial charge in [0, 0.05) is 16.9 Å². The molecule has 12 rings (SSSR count). The van der Waals surface area contributed by atoms with Crippen LogP contribution >= 0.6 is 0 Å². The predicted molar refractivity (Wildman–Crippen MR) is 273 cm³/mol. The van der Waals surface area contributed by atoms with E-state index in [1.54, 1.807) is 0 Å². The molecule has 0 atom stereocenters. The highest BCUT2D eigenvalue weighted by Gasteiger charge is 2.53. The van der Waals surface area contributed by atoms with E-state index in [0.717, 1.165) is 11.4 Å². The Labute approximate surface area is 377 Å². The lowest BCUT2D eigenvalue weighted by Crippen LogP contribution is -2.27. The number of anilines is 3. The Bertz CT molecular complexity index is 3400. The number of rotatable bonds is 4. The molecule has 1 heteroatoms. The van der Waals surface area contributed by atoms with Gasteiger partial charge in [-0.3, -0.25) is 0 Å². The molecule has 0 saturated carbocycles. The summed E-state index contributed by atoms with van der Waals surface area (Å²) in [7, 11) is 0. The van der Waals surface area contributed by atoms with Gasteiger partial charge < -0.3 is 4.90 Å². The highest BCUT2D eigenvalue weighted by molar-refractivity contribution is 6.26. The van der Waals surface area contributed by atoms with Crippen molar-refractivity contribution in [2.24, 2.45) is 0 Å². The third-order valence-corrected chi connectivity index (χ3v) is 14.4. The number of hydrogen-bond donors (Lipinski definition) is 0.